The maximum Gasteiger partial charge on any atom is 0.343 e. The Labute approximate surface area is 138 Å². The lowest BCUT2D eigenvalue weighted by atomic mass is 10.2. The van der Waals surface area contributed by atoms with Gasteiger partial charge in [-0.1, -0.05) is 18.5 Å². The number of nitriles is 1. The SMILES string of the molecule is CCC(=O)Oc1ccc(C(=O)Oc2ccc(C#N)c(Cl)c2)cc1. The molecule has 0 unspecified atom stereocenters. The highest BCUT2D eigenvalue weighted by molar-refractivity contribution is 6.31. The Hall–Kier alpha value is -2.84. The second-order valence-electron chi connectivity index (χ2n) is 4.49. The minimum atomic E-state index is -0.584. The molecule has 0 N–H and O–H groups in total. The molecule has 23 heavy (non-hydrogen) atoms. The Morgan fingerprint density at radius 2 is 1.74 bits per heavy atom. The summed E-state index contributed by atoms with van der Waals surface area (Å²) in [5.41, 5.74) is 0.593. The first-order valence-corrected chi connectivity index (χ1v) is 7.14. The maximum absolute atomic E-state index is 12.0. The molecule has 6 heteroatoms. The molecule has 0 aliphatic carbocycles. The van der Waals surface area contributed by atoms with Gasteiger partial charge in [0.1, 0.15) is 17.6 Å². The van der Waals surface area contributed by atoms with Crippen molar-refractivity contribution >= 4 is 23.5 Å². The van der Waals surface area contributed by atoms with Crippen LogP contribution in [0, 0.1) is 11.3 Å². The van der Waals surface area contributed by atoms with Crippen LogP contribution in [0.4, 0.5) is 0 Å². The van der Waals surface area contributed by atoms with Crippen molar-refractivity contribution in [3.63, 3.8) is 0 Å². The molecule has 0 heterocycles. The number of esters is 2. The number of hydrogen-bond donors (Lipinski definition) is 0. The monoisotopic (exact) mass is 329 g/mol. The molecule has 0 amide bonds. The van der Waals surface area contributed by atoms with E-state index in [-0.39, 0.29) is 23.2 Å². The standard InChI is InChI=1S/C17H12ClNO4/c1-2-16(20)22-13-6-3-11(4-7-13)17(21)23-14-8-5-12(10-19)15(18)9-14/h3-9H,2H2,1H3. The summed E-state index contributed by atoms with van der Waals surface area (Å²) in [5, 5.41) is 9.01. The molecular weight excluding hydrogens is 318 g/mol. The third-order valence-electron chi connectivity index (χ3n) is 2.88. The van der Waals surface area contributed by atoms with E-state index in [0.717, 1.165) is 0 Å². The van der Waals surface area contributed by atoms with E-state index in [1.807, 2.05) is 6.07 Å². The Bertz CT molecular complexity index is 778. The average Bonchev–Trinajstić information content (AvgIpc) is 2.55. The van der Waals surface area contributed by atoms with Gasteiger partial charge in [0.15, 0.2) is 0 Å². The molecule has 0 saturated heterocycles. The predicted molar refractivity (Wildman–Crippen MR) is 83.5 cm³/mol. The maximum atomic E-state index is 12.0. The summed E-state index contributed by atoms with van der Waals surface area (Å²) in [5.74, 6) is -0.345. The quantitative estimate of drug-likeness (QED) is 0.630. The highest BCUT2D eigenvalue weighted by Gasteiger charge is 2.11. The molecule has 116 valence electrons. The van der Waals surface area contributed by atoms with Crippen LogP contribution in [0.5, 0.6) is 11.5 Å². The van der Waals surface area contributed by atoms with Crippen LogP contribution in [0.15, 0.2) is 42.5 Å². The summed E-state index contributed by atoms with van der Waals surface area (Å²) in [6.07, 6.45) is 0.267. The van der Waals surface area contributed by atoms with Crippen molar-refractivity contribution in [3.05, 3.63) is 58.6 Å². The van der Waals surface area contributed by atoms with Crippen LogP contribution in [0.2, 0.25) is 5.02 Å². The molecular formula is C17H12ClNO4. The number of carbonyl (C=O) groups is 2. The molecule has 2 rings (SSSR count). The lowest BCUT2D eigenvalue weighted by molar-refractivity contribution is -0.134. The van der Waals surface area contributed by atoms with Crippen LogP contribution in [0.1, 0.15) is 29.3 Å². The van der Waals surface area contributed by atoms with Crippen molar-refractivity contribution in [2.24, 2.45) is 0 Å². The van der Waals surface area contributed by atoms with Crippen molar-refractivity contribution in [1.29, 1.82) is 5.26 Å². The zero-order chi connectivity index (χ0) is 16.8. The number of carbonyl (C=O) groups excluding carboxylic acids is 2. The van der Waals surface area contributed by atoms with Crippen molar-refractivity contribution in [2.45, 2.75) is 13.3 Å². The van der Waals surface area contributed by atoms with Gasteiger partial charge in [-0.25, -0.2) is 4.79 Å². The van der Waals surface area contributed by atoms with Gasteiger partial charge in [-0.15, -0.1) is 0 Å². The van der Waals surface area contributed by atoms with Gasteiger partial charge < -0.3 is 9.47 Å². The van der Waals surface area contributed by atoms with Crippen molar-refractivity contribution < 1.29 is 19.1 Å². The summed E-state index contributed by atoms with van der Waals surface area (Å²) in [6.45, 7) is 1.69. The van der Waals surface area contributed by atoms with Crippen LogP contribution >= 0.6 is 11.6 Å². The van der Waals surface area contributed by atoms with Crippen LogP contribution in [0.3, 0.4) is 0 Å². The first-order valence-electron chi connectivity index (χ1n) is 6.76. The molecule has 0 aliphatic heterocycles. The van der Waals surface area contributed by atoms with E-state index in [1.165, 1.54) is 42.5 Å². The van der Waals surface area contributed by atoms with E-state index < -0.39 is 5.97 Å². The fourth-order valence-corrected chi connectivity index (χ4v) is 1.89. The molecule has 0 saturated carbocycles. The molecule has 2 aromatic carbocycles. The van der Waals surface area contributed by atoms with Gasteiger partial charge in [0, 0.05) is 12.5 Å². The molecule has 0 atom stereocenters. The Morgan fingerprint density at radius 1 is 1.09 bits per heavy atom. The second-order valence-corrected chi connectivity index (χ2v) is 4.90. The van der Waals surface area contributed by atoms with Gasteiger partial charge in [-0.2, -0.15) is 5.26 Å². The lowest BCUT2D eigenvalue weighted by Crippen LogP contribution is -2.09. The highest BCUT2D eigenvalue weighted by Crippen LogP contribution is 2.23. The largest absolute Gasteiger partial charge is 0.427 e. The first kappa shape index (κ1) is 16.5. The van der Waals surface area contributed by atoms with Crippen LogP contribution < -0.4 is 9.47 Å². The third-order valence-corrected chi connectivity index (χ3v) is 3.19. The first-order chi connectivity index (χ1) is 11.0. The summed E-state index contributed by atoms with van der Waals surface area (Å²) in [6, 6.07) is 12.3. The molecule has 0 radical (unpaired) electrons. The predicted octanol–water partition coefficient (Wildman–Crippen LogP) is 3.75. The second kappa shape index (κ2) is 7.43. The molecule has 0 fully saturated rings. The van der Waals surface area contributed by atoms with E-state index >= 15 is 0 Å². The summed E-state index contributed by atoms with van der Waals surface area (Å²) in [7, 11) is 0. The molecule has 0 aliphatic rings. The number of benzene rings is 2. The van der Waals surface area contributed by atoms with Crippen LogP contribution in [-0.2, 0) is 4.79 Å². The van der Waals surface area contributed by atoms with Gasteiger partial charge >= 0.3 is 11.9 Å². The average molecular weight is 330 g/mol. The van der Waals surface area contributed by atoms with Gasteiger partial charge in [0.05, 0.1) is 16.1 Å². The fourth-order valence-electron chi connectivity index (χ4n) is 1.68. The zero-order valence-electron chi connectivity index (χ0n) is 12.2. The van der Waals surface area contributed by atoms with Gasteiger partial charge in [0.2, 0.25) is 0 Å². The Balaban J connectivity index is 2.07. The van der Waals surface area contributed by atoms with Crippen molar-refractivity contribution in [2.75, 3.05) is 0 Å². The van der Waals surface area contributed by atoms with E-state index in [0.29, 0.717) is 16.9 Å². The minimum Gasteiger partial charge on any atom is -0.427 e. The zero-order valence-corrected chi connectivity index (χ0v) is 13.0. The molecule has 0 spiro atoms. The number of halogens is 1. The smallest absolute Gasteiger partial charge is 0.343 e. The van der Waals surface area contributed by atoms with E-state index in [2.05, 4.69) is 0 Å². The normalized spacial score (nSPS) is 9.78. The number of nitrogens with zero attached hydrogens (tertiary/aromatic N) is 1. The third kappa shape index (κ3) is 4.31. The van der Waals surface area contributed by atoms with Gasteiger partial charge in [-0.3, -0.25) is 4.79 Å². The Kier molecular flexibility index (Phi) is 5.34. The number of ether oxygens (including phenoxy) is 2. The van der Waals surface area contributed by atoms with E-state index in [1.54, 1.807) is 6.92 Å². The summed E-state index contributed by atoms with van der Waals surface area (Å²) >= 11 is 5.88. The topological polar surface area (TPSA) is 76.4 Å². The highest BCUT2D eigenvalue weighted by atomic mass is 35.5. The fraction of sp³-hybridized carbons (Fsp3) is 0.118. The van der Waals surface area contributed by atoms with Crippen LogP contribution in [0.25, 0.3) is 0 Å². The number of hydrogen-bond acceptors (Lipinski definition) is 5. The van der Waals surface area contributed by atoms with Crippen LogP contribution in [-0.4, -0.2) is 11.9 Å². The summed E-state index contributed by atoms with van der Waals surface area (Å²) < 4.78 is 10.2. The minimum absolute atomic E-state index is 0.208. The molecule has 2 aromatic rings. The van der Waals surface area contributed by atoms with E-state index in [9.17, 15) is 9.59 Å². The van der Waals surface area contributed by atoms with Gasteiger partial charge in [-0.05, 0) is 36.4 Å². The van der Waals surface area contributed by atoms with E-state index in [4.69, 9.17) is 26.3 Å². The summed E-state index contributed by atoms with van der Waals surface area (Å²) in [4.78, 5) is 23.2. The lowest BCUT2D eigenvalue weighted by Gasteiger charge is -2.06. The van der Waals surface area contributed by atoms with Crippen molar-refractivity contribution in [1.82, 2.24) is 0 Å². The molecule has 5 nitrogen and oxygen atoms in total. The molecule has 0 aromatic heterocycles. The van der Waals surface area contributed by atoms with Gasteiger partial charge in [0.25, 0.3) is 0 Å². The van der Waals surface area contributed by atoms with Crippen molar-refractivity contribution in [3.8, 4) is 17.6 Å². The number of rotatable bonds is 4. The molecule has 0 bridgehead atoms. The Morgan fingerprint density at radius 3 is 2.30 bits per heavy atom.